The second-order valence-corrected chi connectivity index (χ2v) is 6.47. The molecule has 0 aliphatic rings. The summed E-state index contributed by atoms with van der Waals surface area (Å²) in [5, 5.41) is 3.63. The molecule has 1 aromatic carbocycles. The summed E-state index contributed by atoms with van der Waals surface area (Å²) < 4.78 is 6.75. The van der Waals surface area contributed by atoms with Crippen molar-refractivity contribution in [2.45, 2.75) is 51.7 Å². The van der Waals surface area contributed by atoms with Crippen LogP contribution in [0.3, 0.4) is 0 Å². The number of ether oxygens (including phenoxy) is 1. The monoisotopic (exact) mass is 327 g/mol. The van der Waals surface area contributed by atoms with Crippen molar-refractivity contribution < 1.29 is 4.74 Å². The lowest BCUT2D eigenvalue weighted by molar-refractivity contribution is 0.00713. The first-order valence-electron chi connectivity index (χ1n) is 7.00. The van der Waals surface area contributed by atoms with Crippen LogP contribution in [0.15, 0.2) is 28.7 Å². The molecule has 1 rings (SSSR count). The van der Waals surface area contributed by atoms with Crippen LogP contribution in [0.1, 0.15) is 39.2 Å². The van der Waals surface area contributed by atoms with E-state index in [1.165, 1.54) is 10.0 Å². The van der Waals surface area contributed by atoms with Crippen molar-refractivity contribution >= 4 is 15.9 Å². The lowest BCUT2D eigenvalue weighted by Gasteiger charge is -2.29. The van der Waals surface area contributed by atoms with Gasteiger partial charge in [0, 0.05) is 17.6 Å². The lowest BCUT2D eigenvalue weighted by Crippen LogP contribution is -2.39. The van der Waals surface area contributed by atoms with E-state index in [-0.39, 0.29) is 5.60 Å². The van der Waals surface area contributed by atoms with Crippen molar-refractivity contribution in [2.75, 3.05) is 13.7 Å². The number of hydrogen-bond acceptors (Lipinski definition) is 2. The lowest BCUT2D eigenvalue weighted by atomic mass is 9.94. The quantitative estimate of drug-likeness (QED) is 0.773. The Morgan fingerprint density at radius 3 is 2.58 bits per heavy atom. The fraction of sp³-hybridized carbons (Fsp3) is 0.625. The molecule has 0 fully saturated rings. The second-order valence-electron chi connectivity index (χ2n) is 5.61. The van der Waals surface area contributed by atoms with E-state index in [1.54, 1.807) is 7.11 Å². The highest BCUT2D eigenvalue weighted by molar-refractivity contribution is 9.10. The molecule has 1 aromatic rings. The molecule has 0 amide bonds. The van der Waals surface area contributed by atoms with Gasteiger partial charge in [0.15, 0.2) is 0 Å². The van der Waals surface area contributed by atoms with E-state index in [4.69, 9.17) is 4.74 Å². The SMILES string of the molecule is CCCNC(Cc1ccccc1Br)CC(C)(C)OC. The van der Waals surface area contributed by atoms with Crippen molar-refractivity contribution in [3.63, 3.8) is 0 Å². The van der Waals surface area contributed by atoms with Crippen LogP contribution in [-0.2, 0) is 11.2 Å². The Balaban J connectivity index is 2.71. The van der Waals surface area contributed by atoms with Crippen LogP contribution in [0.25, 0.3) is 0 Å². The summed E-state index contributed by atoms with van der Waals surface area (Å²) in [6, 6.07) is 8.88. The highest BCUT2D eigenvalue weighted by atomic mass is 79.9. The van der Waals surface area contributed by atoms with Gasteiger partial charge in [0.1, 0.15) is 0 Å². The van der Waals surface area contributed by atoms with Crippen molar-refractivity contribution in [1.82, 2.24) is 5.32 Å². The van der Waals surface area contributed by atoms with E-state index >= 15 is 0 Å². The molecule has 0 heterocycles. The van der Waals surface area contributed by atoms with E-state index in [0.29, 0.717) is 6.04 Å². The maximum Gasteiger partial charge on any atom is 0.0637 e. The van der Waals surface area contributed by atoms with E-state index < -0.39 is 0 Å². The number of benzene rings is 1. The number of nitrogens with one attached hydrogen (secondary N) is 1. The van der Waals surface area contributed by atoms with Gasteiger partial charge in [-0.2, -0.15) is 0 Å². The van der Waals surface area contributed by atoms with Crippen LogP contribution in [0, 0.1) is 0 Å². The molecule has 3 heteroatoms. The summed E-state index contributed by atoms with van der Waals surface area (Å²) in [5.74, 6) is 0. The molecule has 0 aromatic heterocycles. The fourth-order valence-corrected chi connectivity index (χ4v) is 2.62. The highest BCUT2D eigenvalue weighted by Gasteiger charge is 2.23. The average Bonchev–Trinajstić information content (AvgIpc) is 2.38. The zero-order valence-electron chi connectivity index (χ0n) is 12.5. The Labute approximate surface area is 126 Å². The molecule has 0 radical (unpaired) electrons. The number of halogens is 1. The van der Waals surface area contributed by atoms with Gasteiger partial charge in [-0.05, 0) is 51.3 Å². The summed E-state index contributed by atoms with van der Waals surface area (Å²) in [7, 11) is 1.79. The third-order valence-corrected chi connectivity index (χ3v) is 4.17. The van der Waals surface area contributed by atoms with Gasteiger partial charge in [-0.3, -0.25) is 0 Å². The van der Waals surface area contributed by atoms with Gasteiger partial charge >= 0.3 is 0 Å². The first-order valence-corrected chi connectivity index (χ1v) is 7.79. The minimum atomic E-state index is -0.0906. The zero-order chi connectivity index (χ0) is 14.3. The molecule has 0 saturated heterocycles. The van der Waals surface area contributed by atoms with Gasteiger partial charge in [-0.1, -0.05) is 41.1 Å². The van der Waals surface area contributed by atoms with Crippen LogP contribution in [0.5, 0.6) is 0 Å². The molecular weight excluding hydrogens is 302 g/mol. The Bertz CT molecular complexity index is 379. The molecule has 108 valence electrons. The zero-order valence-corrected chi connectivity index (χ0v) is 14.1. The highest BCUT2D eigenvalue weighted by Crippen LogP contribution is 2.22. The minimum Gasteiger partial charge on any atom is -0.379 e. The van der Waals surface area contributed by atoms with E-state index in [9.17, 15) is 0 Å². The Morgan fingerprint density at radius 2 is 2.00 bits per heavy atom. The maximum atomic E-state index is 5.56. The second kappa shape index (κ2) is 8.03. The van der Waals surface area contributed by atoms with Gasteiger partial charge in [0.2, 0.25) is 0 Å². The van der Waals surface area contributed by atoms with Gasteiger partial charge in [-0.15, -0.1) is 0 Å². The molecule has 0 spiro atoms. The molecule has 0 bridgehead atoms. The predicted molar refractivity (Wildman–Crippen MR) is 85.6 cm³/mol. The summed E-state index contributed by atoms with van der Waals surface area (Å²) in [4.78, 5) is 0. The van der Waals surface area contributed by atoms with Crippen molar-refractivity contribution in [3.05, 3.63) is 34.3 Å². The fourth-order valence-electron chi connectivity index (χ4n) is 2.17. The van der Waals surface area contributed by atoms with Crippen molar-refractivity contribution in [3.8, 4) is 0 Å². The normalized spacial score (nSPS) is 13.5. The maximum absolute atomic E-state index is 5.56. The first-order chi connectivity index (χ1) is 8.98. The molecule has 1 N–H and O–H groups in total. The predicted octanol–water partition coefficient (Wildman–Crippen LogP) is 4.17. The minimum absolute atomic E-state index is 0.0906. The molecule has 19 heavy (non-hydrogen) atoms. The summed E-state index contributed by atoms with van der Waals surface area (Å²) in [5.41, 5.74) is 1.26. The van der Waals surface area contributed by atoms with Crippen molar-refractivity contribution in [1.29, 1.82) is 0 Å². The van der Waals surface area contributed by atoms with Gasteiger partial charge in [0.25, 0.3) is 0 Å². The summed E-state index contributed by atoms with van der Waals surface area (Å²) in [6.07, 6.45) is 3.18. The third-order valence-electron chi connectivity index (χ3n) is 3.40. The molecule has 1 atom stereocenters. The summed E-state index contributed by atoms with van der Waals surface area (Å²) >= 11 is 3.63. The third kappa shape index (κ3) is 6.07. The number of hydrogen-bond donors (Lipinski definition) is 1. The van der Waals surface area contributed by atoms with Crippen LogP contribution in [-0.4, -0.2) is 25.3 Å². The molecular formula is C16H26BrNO. The van der Waals surface area contributed by atoms with Crippen LogP contribution in [0.2, 0.25) is 0 Å². The Kier molecular flexibility index (Phi) is 7.05. The van der Waals surface area contributed by atoms with Gasteiger partial charge in [0.05, 0.1) is 5.60 Å². The molecule has 2 nitrogen and oxygen atoms in total. The molecule has 1 unspecified atom stereocenters. The van der Waals surface area contributed by atoms with Gasteiger partial charge in [-0.25, -0.2) is 0 Å². The molecule has 0 aliphatic carbocycles. The van der Waals surface area contributed by atoms with Crippen LogP contribution < -0.4 is 5.32 Å². The van der Waals surface area contributed by atoms with Crippen LogP contribution in [0.4, 0.5) is 0 Å². The first kappa shape index (κ1) is 16.7. The standard InChI is InChI=1S/C16H26BrNO/c1-5-10-18-14(12-16(2,3)19-4)11-13-8-6-7-9-15(13)17/h6-9,14,18H,5,10-12H2,1-4H3. The topological polar surface area (TPSA) is 21.3 Å². The largest absolute Gasteiger partial charge is 0.379 e. The summed E-state index contributed by atoms with van der Waals surface area (Å²) in [6.45, 7) is 7.54. The molecule has 0 aliphatic heterocycles. The number of rotatable bonds is 8. The van der Waals surface area contributed by atoms with E-state index in [0.717, 1.165) is 25.8 Å². The number of methoxy groups -OCH3 is 1. The Hall–Kier alpha value is -0.380. The van der Waals surface area contributed by atoms with Gasteiger partial charge < -0.3 is 10.1 Å². The molecule has 0 saturated carbocycles. The van der Waals surface area contributed by atoms with E-state index in [2.05, 4.69) is 66.3 Å². The van der Waals surface area contributed by atoms with E-state index in [1.807, 2.05) is 0 Å². The average molecular weight is 328 g/mol. The smallest absolute Gasteiger partial charge is 0.0637 e. The Morgan fingerprint density at radius 1 is 1.32 bits per heavy atom. The van der Waals surface area contributed by atoms with Crippen molar-refractivity contribution in [2.24, 2.45) is 0 Å². The van der Waals surface area contributed by atoms with Crippen LogP contribution >= 0.6 is 15.9 Å².